The summed E-state index contributed by atoms with van der Waals surface area (Å²) in [5, 5.41) is 13.2. The van der Waals surface area contributed by atoms with E-state index in [-0.39, 0.29) is 5.82 Å². The molecular formula is C11H14FNO. The summed E-state index contributed by atoms with van der Waals surface area (Å²) in [4.78, 5) is 0. The Labute approximate surface area is 82.8 Å². The largest absolute Gasteiger partial charge is 0.384 e. The number of hydrogen-bond acceptors (Lipinski definition) is 2. The second-order valence-corrected chi connectivity index (χ2v) is 3.89. The van der Waals surface area contributed by atoms with Gasteiger partial charge in [-0.05, 0) is 25.5 Å². The van der Waals surface area contributed by atoms with Crippen molar-refractivity contribution in [3.8, 4) is 0 Å². The summed E-state index contributed by atoms with van der Waals surface area (Å²) in [7, 11) is 0. The minimum absolute atomic E-state index is 0.279. The number of hydrogen-bond donors (Lipinski definition) is 2. The van der Waals surface area contributed by atoms with Gasteiger partial charge in [0, 0.05) is 12.1 Å². The Morgan fingerprint density at radius 3 is 2.93 bits per heavy atom. The first-order valence-corrected chi connectivity index (χ1v) is 4.82. The number of rotatable bonds is 1. The molecular weight excluding hydrogens is 181 g/mol. The molecule has 0 saturated carbocycles. The van der Waals surface area contributed by atoms with Crippen LogP contribution in [-0.2, 0) is 5.60 Å². The van der Waals surface area contributed by atoms with Crippen molar-refractivity contribution in [2.75, 3.05) is 13.1 Å². The molecule has 1 aliphatic heterocycles. The highest BCUT2D eigenvalue weighted by Crippen LogP contribution is 2.30. The molecule has 1 aromatic carbocycles. The summed E-state index contributed by atoms with van der Waals surface area (Å²) in [6.45, 7) is 2.89. The van der Waals surface area contributed by atoms with Crippen LogP contribution in [-0.4, -0.2) is 18.2 Å². The Hall–Kier alpha value is -0.930. The van der Waals surface area contributed by atoms with E-state index in [0.29, 0.717) is 24.1 Å². The highest BCUT2D eigenvalue weighted by Gasteiger charge is 2.35. The van der Waals surface area contributed by atoms with Gasteiger partial charge in [0.1, 0.15) is 11.4 Å². The summed E-state index contributed by atoms with van der Waals surface area (Å²) in [6.07, 6.45) is 0.577. The zero-order chi connectivity index (χ0) is 10.2. The van der Waals surface area contributed by atoms with Gasteiger partial charge in [-0.2, -0.15) is 0 Å². The third kappa shape index (κ3) is 1.42. The average molecular weight is 195 g/mol. The lowest BCUT2D eigenvalue weighted by molar-refractivity contribution is 0.0548. The van der Waals surface area contributed by atoms with Crippen molar-refractivity contribution in [3.63, 3.8) is 0 Å². The lowest BCUT2D eigenvalue weighted by atomic mass is 9.91. The molecule has 1 aliphatic rings. The second kappa shape index (κ2) is 3.33. The van der Waals surface area contributed by atoms with Gasteiger partial charge < -0.3 is 10.4 Å². The Bertz CT molecular complexity index is 345. The zero-order valence-electron chi connectivity index (χ0n) is 8.18. The van der Waals surface area contributed by atoms with Crippen LogP contribution in [0.1, 0.15) is 17.5 Å². The van der Waals surface area contributed by atoms with Crippen molar-refractivity contribution in [2.45, 2.75) is 18.9 Å². The monoisotopic (exact) mass is 195 g/mol. The Morgan fingerprint density at radius 2 is 2.29 bits per heavy atom. The lowest BCUT2D eigenvalue weighted by Gasteiger charge is -2.22. The third-order valence-electron chi connectivity index (χ3n) is 2.83. The van der Waals surface area contributed by atoms with Crippen molar-refractivity contribution >= 4 is 0 Å². The molecule has 0 aromatic heterocycles. The van der Waals surface area contributed by atoms with E-state index in [4.69, 9.17) is 0 Å². The van der Waals surface area contributed by atoms with E-state index in [9.17, 15) is 9.50 Å². The molecule has 0 spiro atoms. The van der Waals surface area contributed by atoms with Gasteiger partial charge in [-0.25, -0.2) is 4.39 Å². The molecule has 2 rings (SSSR count). The first-order valence-electron chi connectivity index (χ1n) is 4.82. The molecule has 1 saturated heterocycles. The van der Waals surface area contributed by atoms with Gasteiger partial charge in [-0.3, -0.25) is 0 Å². The van der Waals surface area contributed by atoms with Crippen LogP contribution < -0.4 is 5.32 Å². The van der Waals surface area contributed by atoms with Crippen LogP contribution in [0.5, 0.6) is 0 Å². The van der Waals surface area contributed by atoms with Crippen molar-refractivity contribution in [3.05, 3.63) is 35.1 Å². The van der Waals surface area contributed by atoms with Gasteiger partial charge in [-0.15, -0.1) is 0 Å². The smallest absolute Gasteiger partial charge is 0.132 e. The molecule has 76 valence electrons. The maximum atomic E-state index is 13.7. The van der Waals surface area contributed by atoms with Crippen LogP contribution in [0.3, 0.4) is 0 Å². The van der Waals surface area contributed by atoms with Crippen molar-refractivity contribution in [1.82, 2.24) is 5.32 Å². The highest BCUT2D eigenvalue weighted by molar-refractivity contribution is 5.30. The molecule has 1 unspecified atom stereocenters. The van der Waals surface area contributed by atoms with E-state index >= 15 is 0 Å². The molecule has 0 bridgehead atoms. The molecule has 1 fully saturated rings. The van der Waals surface area contributed by atoms with Crippen molar-refractivity contribution < 1.29 is 9.50 Å². The number of nitrogens with one attached hydrogen (secondary N) is 1. The average Bonchev–Trinajstić information content (AvgIpc) is 2.58. The minimum Gasteiger partial charge on any atom is -0.384 e. The molecule has 2 nitrogen and oxygen atoms in total. The second-order valence-electron chi connectivity index (χ2n) is 3.89. The number of aryl methyl sites for hydroxylation is 1. The highest BCUT2D eigenvalue weighted by atomic mass is 19.1. The third-order valence-corrected chi connectivity index (χ3v) is 2.83. The van der Waals surface area contributed by atoms with E-state index in [1.54, 1.807) is 25.1 Å². The molecule has 3 heteroatoms. The maximum Gasteiger partial charge on any atom is 0.132 e. The van der Waals surface area contributed by atoms with Crippen LogP contribution in [0, 0.1) is 12.7 Å². The standard InChI is InChI=1S/C11H14FNO/c1-8-3-2-4-9(10(8)12)11(14)5-6-13-7-11/h2-4,13-14H,5-7H2,1H3. The summed E-state index contributed by atoms with van der Waals surface area (Å²) < 4.78 is 13.7. The first kappa shape index (κ1) is 9.62. The van der Waals surface area contributed by atoms with Gasteiger partial charge in [0.25, 0.3) is 0 Å². The van der Waals surface area contributed by atoms with E-state index in [0.717, 1.165) is 6.54 Å². The van der Waals surface area contributed by atoms with Gasteiger partial charge in [-0.1, -0.05) is 18.2 Å². The van der Waals surface area contributed by atoms with Crippen LogP contribution in [0.2, 0.25) is 0 Å². The fourth-order valence-electron chi connectivity index (χ4n) is 1.92. The number of aliphatic hydroxyl groups is 1. The van der Waals surface area contributed by atoms with Gasteiger partial charge in [0.2, 0.25) is 0 Å². The lowest BCUT2D eigenvalue weighted by Crippen LogP contribution is -2.29. The Kier molecular flexibility index (Phi) is 2.29. The van der Waals surface area contributed by atoms with Crippen LogP contribution in [0.25, 0.3) is 0 Å². The summed E-state index contributed by atoms with van der Waals surface area (Å²) in [5.41, 5.74) is -0.0128. The van der Waals surface area contributed by atoms with E-state index < -0.39 is 5.60 Å². The zero-order valence-corrected chi connectivity index (χ0v) is 8.18. The van der Waals surface area contributed by atoms with E-state index in [1.807, 2.05) is 0 Å². The fraction of sp³-hybridized carbons (Fsp3) is 0.455. The topological polar surface area (TPSA) is 32.3 Å². The van der Waals surface area contributed by atoms with Crippen LogP contribution in [0.4, 0.5) is 4.39 Å². The summed E-state index contributed by atoms with van der Waals surface area (Å²) >= 11 is 0. The van der Waals surface area contributed by atoms with Crippen LogP contribution >= 0.6 is 0 Å². The van der Waals surface area contributed by atoms with Crippen LogP contribution in [0.15, 0.2) is 18.2 Å². The Morgan fingerprint density at radius 1 is 1.50 bits per heavy atom. The number of benzene rings is 1. The van der Waals surface area contributed by atoms with E-state index in [2.05, 4.69) is 5.32 Å². The maximum absolute atomic E-state index is 13.7. The summed E-state index contributed by atoms with van der Waals surface area (Å²) in [6, 6.07) is 5.16. The Balaban J connectivity index is 2.45. The molecule has 1 heterocycles. The molecule has 2 N–H and O–H groups in total. The minimum atomic E-state index is -1.02. The van der Waals surface area contributed by atoms with Gasteiger partial charge >= 0.3 is 0 Å². The van der Waals surface area contributed by atoms with E-state index in [1.165, 1.54) is 0 Å². The van der Waals surface area contributed by atoms with Gasteiger partial charge in [0.15, 0.2) is 0 Å². The van der Waals surface area contributed by atoms with Crippen molar-refractivity contribution in [2.24, 2.45) is 0 Å². The molecule has 14 heavy (non-hydrogen) atoms. The number of β-amino-alcohol motifs (C(OH)–C–C–N with tert-alkyl or cyclic N) is 1. The number of halogens is 1. The fourth-order valence-corrected chi connectivity index (χ4v) is 1.92. The SMILES string of the molecule is Cc1cccc(C2(O)CCNC2)c1F. The summed E-state index contributed by atoms with van der Waals surface area (Å²) in [5.74, 6) is -0.279. The van der Waals surface area contributed by atoms with Crippen molar-refractivity contribution in [1.29, 1.82) is 0 Å². The molecule has 0 radical (unpaired) electrons. The quantitative estimate of drug-likeness (QED) is 0.708. The molecule has 0 amide bonds. The molecule has 1 atom stereocenters. The molecule has 1 aromatic rings. The normalized spacial score (nSPS) is 26.8. The molecule has 0 aliphatic carbocycles. The predicted molar refractivity (Wildman–Crippen MR) is 52.5 cm³/mol. The van der Waals surface area contributed by atoms with Gasteiger partial charge in [0.05, 0.1) is 0 Å². The first-order chi connectivity index (χ1) is 6.63. The predicted octanol–water partition coefficient (Wildman–Crippen LogP) is 1.32.